The van der Waals surface area contributed by atoms with E-state index in [9.17, 15) is 4.79 Å². The summed E-state index contributed by atoms with van der Waals surface area (Å²) in [6.07, 6.45) is 0. The number of carbonyl (C=O) groups is 1. The largest absolute Gasteiger partial charge is 0.497 e. The van der Waals surface area contributed by atoms with Crippen molar-refractivity contribution in [3.8, 4) is 5.75 Å². The monoisotopic (exact) mass is 294 g/mol. The van der Waals surface area contributed by atoms with Crippen LogP contribution in [0, 0.1) is 0 Å². The molecule has 2 aromatic rings. The second-order valence-electron chi connectivity index (χ2n) is 4.50. The minimum absolute atomic E-state index is 0. The SMILES string of the molecule is COc1ccc2cc(CN(C)C(=O)CN)ccc2c1.Cl. The van der Waals surface area contributed by atoms with Crippen molar-refractivity contribution < 1.29 is 9.53 Å². The number of likely N-dealkylation sites (N-methyl/N-ethyl adjacent to an activating group) is 1. The Kier molecular flexibility index (Phi) is 5.80. The van der Waals surface area contributed by atoms with Crippen LogP contribution in [0.15, 0.2) is 36.4 Å². The zero-order chi connectivity index (χ0) is 13.8. The average Bonchev–Trinajstić information content (AvgIpc) is 2.45. The Labute approximate surface area is 124 Å². The summed E-state index contributed by atoms with van der Waals surface area (Å²) in [7, 11) is 3.41. The third-order valence-corrected chi connectivity index (χ3v) is 3.13. The molecule has 0 bridgehead atoms. The first-order valence-corrected chi connectivity index (χ1v) is 6.14. The molecular formula is C15H19ClN2O2. The van der Waals surface area contributed by atoms with E-state index in [4.69, 9.17) is 10.5 Å². The van der Waals surface area contributed by atoms with E-state index in [1.165, 1.54) is 0 Å². The van der Waals surface area contributed by atoms with Crippen LogP contribution in [-0.4, -0.2) is 31.5 Å². The van der Waals surface area contributed by atoms with Gasteiger partial charge in [-0.05, 0) is 34.5 Å². The lowest BCUT2D eigenvalue weighted by atomic mass is 10.1. The summed E-state index contributed by atoms with van der Waals surface area (Å²) in [5.74, 6) is 0.783. The third kappa shape index (κ3) is 3.62. The van der Waals surface area contributed by atoms with Crippen molar-refractivity contribution in [3.05, 3.63) is 42.0 Å². The smallest absolute Gasteiger partial charge is 0.236 e. The van der Waals surface area contributed by atoms with Gasteiger partial charge in [-0.3, -0.25) is 4.79 Å². The standard InChI is InChI=1S/C15H18N2O2.ClH/c1-17(15(18)9-16)10-11-3-4-13-8-14(19-2)6-5-12(13)7-11;/h3-8H,9-10,16H2,1-2H3;1H. The second-order valence-corrected chi connectivity index (χ2v) is 4.50. The van der Waals surface area contributed by atoms with Crippen molar-refractivity contribution in [2.45, 2.75) is 6.54 Å². The highest BCUT2D eigenvalue weighted by Crippen LogP contribution is 2.22. The van der Waals surface area contributed by atoms with Gasteiger partial charge in [0.25, 0.3) is 0 Å². The molecule has 108 valence electrons. The number of rotatable bonds is 4. The number of hydrogen-bond donors (Lipinski definition) is 1. The number of amides is 1. The number of ether oxygens (including phenoxy) is 1. The molecule has 0 spiro atoms. The third-order valence-electron chi connectivity index (χ3n) is 3.13. The molecule has 20 heavy (non-hydrogen) atoms. The van der Waals surface area contributed by atoms with Crippen LogP contribution < -0.4 is 10.5 Å². The van der Waals surface area contributed by atoms with Crippen molar-refractivity contribution >= 4 is 29.1 Å². The maximum absolute atomic E-state index is 11.4. The molecule has 2 rings (SSSR count). The van der Waals surface area contributed by atoms with Gasteiger partial charge in [0.1, 0.15) is 5.75 Å². The van der Waals surface area contributed by atoms with Crippen LogP contribution in [-0.2, 0) is 11.3 Å². The fourth-order valence-corrected chi connectivity index (χ4v) is 2.02. The Morgan fingerprint density at radius 3 is 2.50 bits per heavy atom. The van der Waals surface area contributed by atoms with Crippen LogP contribution in [0.1, 0.15) is 5.56 Å². The lowest BCUT2D eigenvalue weighted by molar-refractivity contribution is -0.128. The Hall–Kier alpha value is -1.78. The first-order valence-electron chi connectivity index (χ1n) is 6.14. The van der Waals surface area contributed by atoms with E-state index in [1.54, 1.807) is 19.1 Å². The summed E-state index contributed by atoms with van der Waals surface area (Å²) in [4.78, 5) is 13.1. The second kappa shape index (κ2) is 7.12. The van der Waals surface area contributed by atoms with Gasteiger partial charge in [0.05, 0.1) is 13.7 Å². The minimum Gasteiger partial charge on any atom is -0.497 e. The van der Waals surface area contributed by atoms with Crippen molar-refractivity contribution in [2.75, 3.05) is 20.7 Å². The van der Waals surface area contributed by atoms with Crippen molar-refractivity contribution in [3.63, 3.8) is 0 Å². The molecule has 2 aromatic carbocycles. The number of carbonyl (C=O) groups excluding carboxylic acids is 1. The first kappa shape index (κ1) is 16.3. The van der Waals surface area contributed by atoms with E-state index in [-0.39, 0.29) is 24.9 Å². The number of methoxy groups -OCH3 is 1. The summed E-state index contributed by atoms with van der Waals surface area (Å²) in [5.41, 5.74) is 6.43. The highest BCUT2D eigenvalue weighted by Gasteiger charge is 2.07. The highest BCUT2D eigenvalue weighted by atomic mass is 35.5. The average molecular weight is 295 g/mol. The van der Waals surface area contributed by atoms with E-state index in [0.717, 1.165) is 22.1 Å². The maximum Gasteiger partial charge on any atom is 0.236 e. The number of hydrogen-bond acceptors (Lipinski definition) is 3. The molecule has 0 saturated heterocycles. The van der Waals surface area contributed by atoms with Crippen LogP contribution in [0.2, 0.25) is 0 Å². The molecule has 0 aliphatic carbocycles. The van der Waals surface area contributed by atoms with Gasteiger partial charge in [0.2, 0.25) is 5.91 Å². The Bertz CT molecular complexity index is 601. The van der Waals surface area contributed by atoms with Gasteiger partial charge >= 0.3 is 0 Å². The van der Waals surface area contributed by atoms with Crippen molar-refractivity contribution in [1.29, 1.82) is 0 Å². The summed E-state index contributed by atoms with van der Waals surface area (Å²) < 4.78 is 5.20. The Balaban J connectivity index is 0.00000200. The van der Waals surface area contributed by atoms with Gasteiger partial charge in [0.15, 0.2) is 0 Å². The number of halogens is 1. The summed E-state index contributed by atoms with van der Waals surface area (Å²) in [5, 5.41) is 2.25. The quantitative estimate of drug-likeness (QED) is 0.940. The number of nitrogens with two attached hydrogens (primary N) is 1. The van der Waals surface area contributed by atoms with Crippen LogP contribution in [0.3, 0.4) is 0 Å². The van der Waals surface area contributed by atoms with Crippen LogP contribution >= 0.6 is 12.4 Å². The van der Waals surface area contributed by atoms with Gasteiger partial charge in [-0.1, -0.05) is 18.2 Å². The Morgan fingerprint density at radius 2 is 1.85 bits per heavy atom. The summed E-state index contributed by atoms with van der Waals surface area (Å²) in [6.45, 7) is 0.610. The minimum atomic E-state index is -0.0603. The molecule has 0 fully saturated rings. The van der Waals surface area contributed by atoms with Crippen molar-refractivity contribution in [2.24, 2.45) is 5.73 Å². The predicted molar refractivity (Wildman–Crippen MR) is 83.3 cm³/mol. The van der Waals surface area contributed by atoms with Gasteiger partial charge in [-0.2, -0.15) is 0 Å². The predicted octanol–water partition coefficient (Wildman–Crippen LogP) is 2.19. The zero-order valence-corrected chi connectivity index (χ0v) is 12.4. The zero-order valence-electron chi connectivity index (χ0n) is 11.6. The van der Waals surface area contributed by atoms with E-state index < -0.39 is 0 Å². The lowest BCUT2D eigenvalue weighted by Gasteiger charge is -2.16. The molecule has 0 aliphatic heterocycles. The first-order chi connectivity index (χ1) is 9.13. The normalized spacial score (nSPS) is 9.95. The highest BCUT2D eigenvalue weighted by molar-refractivity contribution is 5.85. The van der Waals surface area contributed by atoms with Crippen LogP contribution in [0.5, 0.6) is 5.75 Å². The van der Waals surface area contributed by atoms with E-state index in [1.807, 2.05) is 30.3 Å². The fraction of sp³-hybridized carbons (Fsp3) is 0.267. The fourth-order valence-electron chi connectivity index (χ4n) is 2.02. The molecule has 5 heteroatoms. The number of fused-ring (bicyclic) bond motifs is 1. The molecule has 0 aromatic heterocycles. The molecule has 0 aliphatic rings. The van der Waals surface area contributed by atoms with Gasteiger partial charge in [-0.15, -0.1) is 12.4 Å². The summed E-state index contributed by atoms with van der Waals surface area (Å²) in [6, 6.07) is 12.1. The molecule has 0 saturated carbocycles. The van der Waals surface area contributed by atoms with Gasteiger partial charge in [0, 0.05) is 13.6 Å². The molecule has 0 atom stereocenters. The molecule has 1 amide bonds. The van der Waals surface area contributed by atoms with E-state index in [0.29, 0.717) is 6.54 Å². The number of benzene rings is 2. The molecule has 4 nitrogen and oxygen atoms in total. The maximum atomic E-state index is 11.4. The van der Waals surface area contributed by atoms with Crippen LogP contribution in [0.25, 0.3) is 10.8 Å². The summed E-state index contributed by atoms with van der Waals surface area (Å²) >= 11 is 0. The topological polar surface area (TPSA) is 55.6 Å². The molecule has 0 heterocycles. The molecule has 0 radical (unpaired) electrons. The van der Waals surface area contributed by atoms with Crippen LogP contribution in [0.4, 0.5) is 0 Å². The Morgan fingerprint density at radius 1 is 1.20 bits per heavy atom. The van der Waals surface area contributed by atoms with Gasteiger partial charge < -0.3 is 15.4 Å². The molecule has 0 unspecified atom stereocenters. The van der Waals surface area contributed by atoms with Gasteiger partial charge in [-0.25, -0.2) is 0 Å². The van der Waals surface area contributed by atoms with E-state index >= 15 is 0 Å². The molecule has 2 N–H and O–H groups in total. The number of nitrogens with zero attached hydrogens (tertiary/aromatic N) is 1. The van der Waals surface area contributed by atoms with E-state index in [2.05, 4.69) is 6.07 Å². The lowest BCUT2D eigenvalue weighted by Crippen LogP contribution is -2.32. The molecular weight excluding hydrogens is 276 g/mol. The van der Waals surface area contributed by atoms with Crippen molar-refractivity contribution in [1.82, 2.24) is 4.90 Å².